The SMILES string of the molecule is CCOC(=O)c1nn(-c2cnc(N(C)C)nc2OC)c(C(C)C)c1C(Nc1cc(Cl)cn(Cc2ccc(OC)cc2)c1=O)c1ccc(Cl)c(F)c1. The van der Waals surface area contributed by atoms with Crippen LogP contribution in [0, 0.1) is 5.82 Å². The second-order valence-electron chi connectivity index (χ2n) is 12.0. The molecule has 0 bridgehead atoms. The molecule has 3 heterocycles. The van der Waals surface area contributed by atoms with E-state index in [0.29, 0.717) is 34.2 Å². The van der Waals surface area contributed by atoms with Gasteiger partial charge in [-0.05, 0) is 54.3 Å². The number of methoxy groups -OCH3 is 2. The maximum Gasteiger partial charge on any atom is 0.359 e. The van der Waals surface area contributed by atoms with Gasteiger partial charge in [0.15, 0.2) is 5.69 Å². The molecule has 0 aliphatic heterocycles. The van der Waals surface area contributed by atoms with Crippen molar-refractivity contribution in [3.05, 3.63) is 115 Å². The Balaban J connectivity index is 1.76. The summed E-state index contributed by atoms with van der Waals surface area (Å²) >= 11 is 12.7. The number of esters is 1. The molecule has 1 N–H and O–H groups in total. The summed E-state index contributed by atoms with van der Waals surface area (Å²) in [5.74, 6) is -0.478. The molecule has 0 aliphatic carbocycles. The number of ether oxygens (including phenoxy) is 3. The largest absolute Gasteiger partial charge is 0.497 e. The van der Waals surface area contributed by atoms with Crippen LogP contribution in [0.25, 0.3) is 5.69 Å². The molecule has 0 saturated heterocycles. The van der Waals surface area contributed by atoms with Crippen LogP contribution in [0.3, 0.4) is 0 Å². The van der Waals surface area contributed by atoms with E-state index in [1.807, 2.05) is 26.0 Å². The van der Waals surface area contributed by atoms with Crippen molar-refractivity contribution in [2.45, 2.75) is 39.3 Å². The number of pyridine rings is 1. The monoisotopic (exact) mass is 737 g/mol. The van der Waals surface area contributed by atoms with E-state index in [1.54, 1.807) is 51.2 Å². The first kappa shape index (κ1) is 37.1. The van der Waals surface area contributed by atoms with E-state index in [2.05, 4.69) is 15.3 Å². The molecular weight excluding hydrogens is 700 g/mol. The molecule has 0 spiro atoms. The maximum atomic E-state index is 15.2. The second kappa shape index (κ2) is 15.8. The first-order chi connectivity index (χ1) is 24.4. The van der Waals surface area contributed by atoms with Gasteiger partial charge in [-0.3, -0.25) is 4.79 Å². The first-order valence-corrected chi connectivity index (χ1v) is 16.7. The third-order valence-electron chi connectivity index (χ3n) is 7.95. The van der Waals surface area contributed by atoms with Gasteiger partial charge in [0, 0.05) is 25.9 Å². The Morgan fingerprint density at radius 1 is 1.06 bits per heavy atom. The zero-order valence-corrected chi connectivity index (χ0v) is 30.7. The fourth-order valence-electron chi connectivity index (χ4n) is 5.60. The van der Waals surface area contributed by atoms with Crippen molar-refractivity contribution in [2.75, 3.05) is 45.1 Å². The van der Waals surface area contributed by atoms with Crippen LogP contribution in [0.5, 0.6) is 11.6 Å². The van der Waals surface area contributed by atoms with Gasteiger partial charge in [0.05, 0.1) is 55.3 Å². The summed E-state index contributed by atoms with van der Waals surface area (Å²) < 4.78 is 34.6. The number of hydrogen-bond acceptors (Lipinski definition) is 10. The zero-order valence-electron chi connectivity index (χ0n) is 29.2. The van der Waals surface area contributed by atoms with Crippen LogP contribution < -0.4 is 25.2 Å². The molecule has 51 heavy (non-hydrogen) atoms. The molecule has 2 aromatic carbocycles. The smallest absolute Gasteiger partial charge is 0.359 e. The molecular formula is C36H38Cl2FN7O5. The molecule has 5 aromatic rings. The van der Waals surface area contributed by atoms with E-state index in [9.17, 15) is 9.59 Å². The van der Waals surface area contributed by atoms with E-state index < -0.39 is 23.4 Å². The molecule has 3 aromatic heterocycles. The van der Waals surface area contributed by atoms with Crippen molar-refractivity contribution in [1.82, 2.24) is 24.3 Å². The van der Waals surface area contributed by atoms with Crippen LogP contribution in [-0.4, -0.2) is 65.2 Å². The van der Waals surface area contributed by atoms with E-state index >= 15 is 4.39 Å². The summed E-state index contributed by atoms with van der Waals surface area (Å²) in [5.41, 5.74) is 1.95. The van der Waals surface area contributed by atoms with Crippen molar-refractivity contribution < 1.29 is 23.4 Å². The normalized spacial score (nSPS) is 11.7. The number of aromatic nitrogens is 5. The van der Waals surface area contributed by atoms with Crippen molar-refractivity contribution in [3.8, 4) is 17.3 Å². The lowest BCUT2D eigenvalue weighted by atomic mass is 9.92. The number of benzene rings is 2. The Morgan fingerprint density at radius 2 is 1.78 bits per heavy atom. The van der Waals surface area contributed by atoms with Gasteiger partial charge >= 0.3 is 5.97 Å². The molecule has 0 amide bonds. The Hall–Kier alpha value is -5.14. The molecule has 15 heteroatoms. The Kier molecular flexibility index (Phi) is 11.5. The molecule has 268 valence electrons. The van der Waals surface area contributed by atoms with Gasteiger partial charge in [-0.15, -0.1) is 0 Å². The van der Waals surface area contributed by atoms with Gasteiger partial charge < -0.3 is 29.0 Å². The van der Waals surface area contributed by atoms with Gasteiger partial charge in [0.1, 0.15) is 22.9 Å². The fraction of sp³-hybridized carbons (Fsp3) is 0.306. The van der Waals surface area contributed by atoms with Crippen LogP contribution >= 0.6 is 23.2 Å². The summed E-state index contributed by atoms with van der Waals surface area (Å²) in [6.07, 6.45) is 3.07. The molecule has 0 radical (unpaired) electrons. The number of carbonyl (C=O) groups excluding carboxylic acids is 1. The Bertz CT molecular complexity index is 2100. The predicted octanol–water partition coefficient (Wildman–Crippen LogP) is 6.90. The van der Waals surface area contributed by atoms with Crippen LogP contribution in [0.4, 0.5) is 16.0 Å². The number of halogens is 3. The van der Waals surface area contributed by atoms with Crippen LogP contribution in [0.15, 0.2) is 65.7 Å². The average molecular weight is 739 g/mol. The lowest BCUT2D eigenvalue weighted by molar-refractivity contribution is 0.0517. The average Bonchev–Trinajstić information content (AvgIpc) is 3.51. The first-order valence-electron chi connectivity index (χ1n) is 16.0. The minimum atomic E-state index is -1.05. The topological polar surface area (TPSA) is 126 Å². The molecule has 5 rings (SSSR count). The lowest BCUT2D eigenvalue weighted by Gasteiger charge is -2.24. The van der Waals surface area contributed by atoms with E-state index in [-0.39, 0.29) is 46.4 Å². The van der Waals surface area contributed by atoms with Crippen molar-refractivity contribution >= 4 is 40.8 Å². The second-order valence-corrected chi connectivity index (χ2v) is 12.8. The number of hydrogen-bond donors (Lipinski definition) is 1. The summed E-state index contributed by atoms with van der Waals surface area (Å²) in [6, 6.07) is 12.0. The number of anilines is 2. The minimum Gasteiger partial charge on any atom is -0.497 e. The number of nitrogens with one attached hydrogen (secondary N) is 1. The highest BCUT2D eigenvalue weighted by Gasteiger charge is 2.34. The third kappa shape index (κ3) is 7.94. The number of carbonyl (C=O) groups is 1. The van der Waals surface area contributed by atoms with Crippen LogP contribution in [-0.2, 0) is 11.3 Å². The Labute approximate surface area is 304 Å². The van der Waals surface area contributed by atoms with E-state index in [1.165, 1.54) is 47.0 Å². The molecule has 0 saturated carbocycles. The van der Waals surface area contributed by atoms with Gasteiger partial charge in [0.25, 0.3) is 5.56 Å². The van der Waals surface area contributed by atoms with Gasteiger partial charge in [-0.25, -0.2) is 18.9 Å². The minimum absolute atomic E-state index is 0.0597. The van der Waals surface area contributed by atoms with Crippen LogP contribution in [0.1, 0.15) is 65.6 Å². The third-order valence-corrected chi connectivity index (χ3v) is 8.46. The van der Waals surface area contributed by atoms with Gasteiger partial charge in [-0.2, -0.15) is 10.1 Å². The molecule has 1 atom stereocenters. The molecule has 0 aliphatic rings. The number of nitrogens with zero attached hydrogens (tertiary/aromatic N) is 6. The van der Waals surface area contributed by atoms with Crippen LogP contribution in [0.2, 0.25) is 10.0 Å². The van der Waals surface area contributed by atoms with Crippen molar-refractivity contribution in [2.24, 2.45) is 0 Å². The molecule has 12 nitrogen and oxygen atoms in total. The summed E-state index contributed by atoms with van der Waals surface area (Å²) in [6.45, 7) is 5.76. The van der Waals surface area contributed by atoms with Crippen molar-refractivity contribution in [3.63, 3.8) is 0 Å². The fourth-order valence-corrected chi connectivity index (χ4v) is 5.94. The van der Waals surface area contributed by atoms with Crippen molar-refractivity contribution in [1.29, 1.82) is 0 Å². The summed E-state index contributed by atoms with van der Waals surface area (Å²) in [4.78, 5) is 38.5. The summed E-state index contributed by atoms with van der Waals surface area (Å²) in [5, 5.41) is 8.19. The highest BCUT2D eigenvalue weighted by Crippen LogP contribution is 2.38. The quantitative estimate of drug-likeness (QED) is 0.128. The number of rotatable bonds is 13. The highest BCUT2D eigenvalue weighted by molar-refractivity contribution is 6.31. The summed E-state index contributed by atoms with van der Waals surface area (Å²) in [7, 11) is 6.63. The highest BCUT2D eigenvalue weighted by atomic mass is 35.5. The van der Waals surface area contributed by atoms with Gasteiger partial charge in [-0.1, -0.05) is 55.2 Å². The molecule has 1 unspecified atom stereocenters. The predicted molar refractivity (Wildman–Crippen MR) is 195 cm³/mol. The van der Waals surface area contributed by atoms with E-state index in [0.717, 1.165) is 5.56 Å². The van der Waals surface area contributed by atoms with E-state index in [4.69, 9.17) is 42.5 Å². The lowest BCUT2D eigenvalue weighted by Crippen LogP contribution is -2.27. The Morgan fingerprint density at radius 3 is 2.39 bits per heavy atom. The maximum absolute atomic E-state index is 15.2. The van der Waals surface area contributed by atoms with Gasteiger partial charge in [0.2, 0.25) is 11.8 Å². The zero-order chi connectivity index (χ0) is 37.0. The standard InChI is InChI=1S/C36H38Cl2FN7O5/c1-8-51-35(48)31-29(32(20(2)3)46(43-31)28-17-40-36(44(4)5)42-33(28)50-7)30(22-11-14-25(38)26(39)15-22)41-27-16-23(37)19-45(34(27)47)18-21-9-12-24(49-6)13-10-21/h9-17,19-20,30,41H,8,18H2,1-7H3. The molecule has 0 fully saturated rings.